The Morgan fingerprint density at radius 1 is 1.05 bits per heavy atom. The van der Waals surface area contributed by atoms with Gasteiger partial charge in [0.25, 0.3) is 0 Å². The van der Waals surface area contributed by atoms with Crippen molar-refractivity contribution in [2.24, 2.45) is 0 Å². The van der Waals surface area contributed by atoms with E-state index in [1.807, 2.05) is 0 Å². The number of sulfonamides is 1. The van der Waals surface area contributed by atoms with E-state index >= 15 is 0 Å². The summed E-state index contributed by atoms with van der Waals surface area (Å²) in [5.41, 5.74) is 4.13. The molecular weight excluding hydrogens is 286 g/mol. The first kappa shape index (κ1) is 14.4. The lowest BCUT2D eigenvalue weighted by Gasteiger charge is -2.22. The van der Waals surface area contributed by atoms with Crippen LogP contribution in [0.3, 0.4) is 0 Å². The van der Waals surface area contributed by atoms with Crippen LogP contribution < -0.4 is 5.73 Å². The summed E-state index contributed by atoms with van der Waals surface area (Å²) < 4.78 is 53.5. The Kier molecular flexibility index (Phi) is 4.01. The van der Waals surface area contributed by atoms with Crippen molar-refractivity contribution in [2.75, 3.05) is 0 Å². The standard InChI is InChI=1S/C13H11F2N2O2S/c14-10-3-6-13(12(15)7-10)17-20(18,19)11-4-1-9(8-16)2-5-11/h1-7H,8,16H2/q-1/p+1. The van der Waals surface area contributed by atoms with Crippen molar-refractivity contribution in [3.05, 3.63) is 64.4 Å². The summed E-state index contributed by atoms with van der Waals surface area (Å²) in [6, 6.07) is 8.48. The van der Waals surface area contributed by atoms with Crippen molar-refractivity contribution in [1.29, 1.82) is 0 Å². The van der Waals surface area contributed by atoms with Crippen LogP contribution in [0, 0.1) is 11.6 Å². The largest absolute Gasteiger partial charge is 0.570 e. The normalized spacial score (nSPS) is 11.3. The number of halogens is 2. The number of nitrogens with zero attached hydrogens (tertiary/aromatic N) is 1. The van der Waals surface area contributed by atoms with Crippen molar-refractivity contribution in [3.63, 3.8) is 0 Å². The molecule has 0 aromatic heterocycles. The van der Waals surface area contributed by atoms with E-state index < -0.39 is 27.3 Å². The minimum absolute atomic E-state index is 0.0570. The molecule has 0 unspecified atom stereocenters. The molecule has 0 atom stereocenters. The summed E-state index contributed by atoms with van der Waals surface area (Å²) in [6.45, 7) is 0.532. The highest BCUT2D eigenvalue weighted by Gasteiger charge is 2.07. The van der Waals surface area contributed by atoms with Crippen molar-refractivity contribution in [3.8, 4) is 0 Å². The van der Waals surface area contributed by atoms with Crippen LogP contribution in [0.15, 0.2) is 47.4 Å². The van der Waals surface area contributed by atoms with Gasteiger partial charge in [-0.1, -0.05) is 23.9 Å². The number of hydrogen-bond acceptors (Lipinski definition) is 2. The number of hydrogen-bond donors (Lipinski definition) is 1. The molecule has 0 fully saturated rings. The first-order valence-electron chi connectivity index (χ1n) is 5.73. The van der Waals surface area contributed by atoms with E-state index in [0.717, 1.165) is 17.7 Å². The molecule has 0 heterocycles. The lowest BCUT2D eigenvalue weighted by atomic mass is 10.2. The quantitative estimate of drug-likeness (QED) is 0.938. The first-order chi connectivity index (χ1) is 9.42. The maximum Gasteiger partial charge on any atom is 0.126 e. The summed E-state index contributed by atoms with van der Waals surface area (Å²) in [5, 5.41) is 0. The molecule has 2 rings (SSSR count). The molecular formula is C13H12F2N2O2S. The Labute approximate surface area is 115 Å². The summed E-state index contributed by atoms with van der Waals surface area (Å²) in [5.74, 6) is -1.82. The zero-order valence-electron chi connectivity index (χ0n) is 10.4. The summed E-state index contributed by atoms with van der Waals surface area (Å²) in [7, 11) is -4.03. The fraction of sp³-hybridized carbons (Fsp3) is 0.0769. The van der Waals surface area contributed by atoms with E-state index in [9.17, 15) is 17.2 Å². The highest BCUT2D eigenvalue weighted by molar-refractivity contribution is 7.94. The second-order valence-corrected chi connectivity index (χ2v) is 5.66. The fourth-order valence-corrected chi connectivity index (χ4v) is 2.56. The predicted molar refractivity (Wildman–Crippen MR) is 69.6 cm³/mol. The van der Waals surface area contributed by atoms with E-state index in [2.05, 4.69) is 10.5 Å². The van der Waals surface area contributed by atoms with Gasteiger partial charge in [-0.2, -0.15) is 0 Å². The summed E-state index contributed by atoms with van der Waals surface area (Å²) >= 11 is 0. The monoisotopic (exact) mass is 298 g/mol. The smallest absolute Gasteiger partial charge is 0.126 e. The van der Waals surface area contributed by atoms with Gasteiger partial charge in [0.1, 0.15) is 21.7 Å². The lowest BCUT2D eigenvalue weighted by molar-refractivity contribution is -0.386. The molecule has 0 radical (unpaired) electrons. The SMILES string of the molecule is [NH3+]Cc1ccc(S(=O)(=O)[N-]c2ccc(F)cc2F)cc1. The Balaban J connectivity index is 2.30. The Morgan fingerprint density at radius 3 is 2.25 bits per heavy atom. The van der Waals surface area contributed by atoms with Crippen LogP contribution in [0.25, 0.3) is 4.72 Å². The Bertz CT molecular complexity index is 716. The van der Waals surface area contributed by atoms with Gasteiger partial charge >= 0.3 is 0 Å². The van der Waals surface area contributed by atoms with Crippen LogP contribution in [0.4, 0.5) is 14.5 Å². The van der Waals surface area contributed by atoms with Crippen LogP contribution in [0.2, 0.25) is 0 Å². The molecule has 0 bridgehead atoms. The van der Waals surface area contributed by atoms with Crippen LogP contribution in [0.1, 0.15) is 5.56 Å². The molecule has 0 saturated carbocycles. The zero-order valence-corrected chi connectivity index (χ0v) is 11.2. The van der Waals surface area contributed by atoms with Gasteiger partial charge in [-0.25, -0.2) is 17.2 Å². The molecule has 7 heteroatoms. The van der Waals surface area contributed by atoms with E-state index in [4.69, 9.17) is 0 Å². The van der Waals surface area contributed by atoms with Crippen molar-refractivity contribution < 1.29 is 22.9 Å². The zero-order chi connectivity index (χ0) is 14.8. The molecule has 2 aromatic carbocycles. The Morgan fingerprint density at radius 2 is 1.70 bits per heavy atom. The second-order valence-electron chi connectivity index (χ2n) is 4.06. The predicted octanol–water partition coefficient (Wildman–Crippen LogP) is 2.10. The van der Waals surface area contributed by atoms with Crippen molar-refractivity contribution in [2.45, 2.75) is 11.4 Å². The van der Waals surface area contributed by atoms with Crippen molar-refractivity contribution in [1.82, 2.24) is 0 Å². The molecule has 0 aliphatic heterocycles. The Hall–Kier alpha value is -1.99. The molecule has 0 spiro atoms. The molecule has 0 amide bonds. The highest BCUT2D eigenvalue weighted by atomic mass is 32.2. The number of benzene rings is 2. The van der Waals surface area contributed by atoms with E-state index in [1.165, 1.54) is 12.1 Å². The molecule has 0 aliphatic carbocycles. The molecule has 2 aromatic rings. The van der Waals surface area contributed by atoms with Gasteiger partial charge in [0.15, 0.2) is 0 Å². The number of rotatable bonds is 4. The molecule has 0 aliphatic rings. The average Bonchev–Trinajstić information content (AvgIpc) is 2.42. The van der Waals surface area contributed by atoms with E-state index in [0.29, 0.717) is 12.6 Å². The van der Waals surface area contributed by atoms with Crippen LogP contribution >= 0.6 is 0 Å². The van der Waals surface area contributed by atoms with Crippen LogP contribution in [0.5, 0.6) is 0 Å². The first-order valence-corrected chi connectivity index (χ1v) is 7.17. The third kappa shape index (κ3) is 3.12. The molecule has 0 saturated heterocycles. The van der Waals surface area contributed by atoms with Gasteiger partial charge in [-0.15, -0.1) is 0 Å². The van der Waals surface area contributed by atoms with E-state index in [1.54, 1.807) is 12.1 Å². The van der Waals surface area contributed by atoms with Gasteiger partial charge in [-0.05, 0) is 18.2 Å². The van der Waals surface area contributed by atoms with Crippen LogP contribution in [-0.4, -0.2) is 8.42 Å². The fourth-order valence-electron chi connectivity index (χ4n) is 1.57. The maximum absolute atomic E-state index is 13.4. The average molecular weight is 298 g/mol. The van der Waals surface area contributed by atoms with Gasteiger partial charge in [0.2, 0.25) is 0 Å². The summed E-state index contributed by atoms with van der Waals surface area (Å²) in [4.78, 5) is -0.0570. The minimum atomic E-state index is -4.03. The topological polar surface area (TPSA) is 75.9 Å². The third-order valence-electron chi connectivity index (χ3n) is 2.64. The maximum atomic E-state index is 13.4. The minimum Gasteiger partial charge on any atom is -0.570 e. The van der Waals surface area contributed by atoms with E-state index in [-0.39, 0.29) is 4.90 Å². The third-order valence-corrected chi connectivity index (χ3v) is 3.94. The highest BCUT2D eigenvalue weighted by Crippen LogP contribution is 2.30. The van der Waals surface area contributed by atoms with Gasteiger partial charge < -0.3 is 10.5 Å². The van der Waals surface area contributed by atoms with Gasteiger partial charge in [0.05, 0.1) is 11.4 Å². The van der Waals surface area contributed by atoms with Crippen molar-refractivity contribution >= 4 is 15.7 Å². The lowest BCUT2D eigenvalue weighted by Crippen LogP contribution is -2.47. The molecule has 4 nitrogen and oxygen atoms in total. The summed E-state index contributed by atoms with van der Waals surface area (Å²) in [6.07, 6.45) is 0. The molecule has 3 N–H and O–H groups in total. The number of quaternary nitrogens is 1. The molecule has 20 heavy (non-hydrogen) atoms. The van der Waals surface area contributed by atoms with Gasteiger partial charge in [0, 0.05) is 11.6 Å². The van der Waals surface area contributed by atoms with Crippen LogP contribution in [-0.2, 0) is 16.6 Å². The van der Waals surface area contributed by atoms with Gasteiger partial charge in [-0.3, -0.25) is 0 Å². The second kappa shape index (κ2) is 5.56. The molecule has 106 valence electrons.